The molecule has 0 spiro atoms. The topological polar surface area (TPSA) is 12.9 Å². The van der Waals surface area contributed by atoms with Crippen molar-refractivity contribution >= 4 is 22.5 Å². The predicted molar refractivity (Wildman–Crippen MR) is 68.0 cm³/mol. The molecular weight excluding hydrogens is 218 g/mol. The van der Waals surface area contributed by atoms with Crippen LogP contribution in [-0.2, 0) is 0 Å². The summed E-state index contributed by atoms with van der Waals surface area (Å²) in [6.07, 6.45) is 1.24. The number of alkyl halides is 1. The molecule has 1 fully saturated rings. The zero-order chi connectivity index (χ0) is 11.1. The third kappa shape index (κ3) is 1.69. The zero-order valence-electron chi connectivity index (χ0n) is 9.28. The van der Waals surface area contributed by atoms with Crippen molar-refractivity contribution in [1.29, 1.82) is 0 Å². The molecule has 82 valence electrons. The Labute approximate surface area is 100 Å². The fraction of sp³-hybridized carbons (Fsp3) is 0.357. The highest BCUT2D eigenvalue weighted by Gasteiger charge is 2.37. The second-order valence-electron chi connectivity index (χ2n) is 4.66. The highest BCUT2D eigenvalue weighted by molar-refractivity contribution is 6.18. The first-order chi connectivity index (χ1) is 7.78. The van der Waals surface area contributed by atoms with E-state index in [1.807, 2.05) is 6.92 Å². The van der Waals surface area contributed by atoms with Crippen molar-refractivity contribution in [2.75, 3.05) is 5.88 Å². The van der Waals surface area contributed by atoms with Crippen molar-refractivity contribution in [2.24, 2.45) is 5.92 Å². The number of benzene rings is 1. The molecule has 1 heterocycles. The van der Waals surface area contributed by atoms with E-state index in [0.717, 1.165) is 17.1 Å². The quantitative estimate of drug-likeness (QED) is 0.715. The van der Waals surface area contributed by atoms with Gasteiger partial charge in [-0.15, -0.1) is 11.6 Å². The highest BCUT2D eigenvalue weighted by Crippen LogP contribution is 2.48. The van der Waals surface area contributed by atoms with Crippen molar-refractivity contribution in [1.82, 2.24) is 4.98 Å². The Bertz CT molecular complexity index is 535. The van der Waals surface area contributed by atoms with Gasteiger partial charge in [0.1, 0.15) is 0 Å². The van der Waals surface area contributed by atoms with Crippen LogP contribution in [0.5, 0.6) is 0 Å². The van der Waals surface area contributed by atoms with Gasteiger partial charge in [-0.25, -0.2) is 0 Å². The summed E-state index contributed by atoms with van der Waals surface area (Å²) in [6.45, 7) is 2.03. The maximum atomic E-state index is 5.87. The molecule has 0 aliphatic heterocycles. The second kappa shape index (κ2) is 3.74. The van der Waals surface area contributed by atoms with Gasteiger partial charge in [0.05, 0.1) is 5.52 Å². The smallest absolute Gasteiger partial charge is 0.0705 e. The van der Waals surface area contributed by atoms with Crippen LogP contribution in [0, 0.1) is 12.8 Å². The molecule has 1 aliphatic carbocycles. The minimum atomic E-state index is 0.684. The van der Waals surface area contributed by atoms with Gasteiger partial charge in [0.25, 0.3) is 0 Å². The minimum Gasteiger partial charge on any atom is -0.253 e. The molecular formula is C14H14ClN. The lowest BCUT2D eigenvalue weighted by molar-refractivity contribution is 0.924. The van der Waals surface area contributed by atoms with Gasteiger partial charge in [-0.2, -0.15) is 0 Å². The van der Waals surface area contributed by atoms with E-state index in [1.165, 1.54) is 17.4 Å². The van der Waals surface area contributed by atoms with E-state index in [-0.39, 0.29) is 0 Å². The molecule has 0 saturated heterocycles. The molecule has 3 rings (SSSR count). The third-order valence-electron chi connectivity index (χ3n) is 3.40. The number of aromatic nitrogens is 1. The lowest BCUT2D eigenvalue weighted by atomic mass is 10.1. The van der Waals surface area contributed by atoms with Crippen LogP contribution in [0.1, 0.15) is 23.6 Å². The zero-order valence-corrected chi connectivity index (χ0v) is 10.0. The summed E-state index contributed by atoms with van der Waals surface area (Å²) >= 11 is 5.87. The van der Waals surface area contributed by atoms with Crippen molar-refractivity contribution in [3.05, 3.63) is 41.6 Å². The molecule has 0 N–H and O–H groups in total. The molecule has 1 aliphatic rings. The van der Waals surface area contributed by atoms with Crippen LogP contribution >= 0.6 is 11.6 Å². The third-order valence-corrected chi connectivity index (χ3v) is 3.80. The lowest BCUT2D eigenvalue weighted by Crippen LogP contribution is -1.87. The van der Waals surface area contributed by atoms with Crippen molar-refractivity contribution in [3.63, 3.8) is 0 Å². The van der Waals surface area contributed by atoms with Crippen LogP contribution in [0.25, 0.3) is 10.9 Å². The van der Waals surface area contributed by atoms with Crippen LogP contribution in [0.2, 0.25) is 0 Å². The molecule has 2 atom stereocenters. The minimum absolute atomic E-state index is 0.684. The van der Waals surface area contributed by atoms with E-state index in [2.05, 4.69) is 35.3 Å². The Morgan fingerprint density at radius 3 is 2.94 bits per heavy atom. The van der Waals surface area contributed by atoms with Crippen molar-refractivity contribution in [2.45, 2.75) is 19.3 Å². The van der Waals surface area contributed by atoms with Crippen LogP contribution in [-0.4, -0.2) is 10.9 Å². The number of rotatable bonds is 2. The molecule has 1 saturated carbocycles. The van der Waals surface area contributed by atoms with E-state index in [9.17, 15) is 0 Å². The molecule has 16 heavy (non-hydrogen) atoms. The van der Waals surface area contributed by atoms with Gasteiger partial charge in [-0.1, -0.05) is 12.1 Å². The summed E-state index contributed by atoms with van der Waals surface area (Å²) in [4.78, 5) is 4.51. The van der Waals surface area contributed by atoms with Gasteiger partial charge in [0, 0.05) is 17.0 Å². The number of nitrogens with zero attached hydrogens (tertiary/aromatic N) is 1. The fourth-order valence-corrected chi connectivity index (χ4v) is 2.64. The fourth-order valence-electron chi connectivity index (χ4n) is 2.30. The van der Waals surface area contributed by atoms with Gasteiger partial charge in [0.15, 0.2) is 0 Å². The Hall–Kier alpha value is -1.08. The molecule has 1 aromatic heterocycles. The SMILES string of the molecule is Cc1ccc2cc(C3CC3CCl)ccc2n1. The maximum Gasteiger partial charge on any atom is 0.0705 e. The molecule has 0 bridgehead atoms. The van der Waals surface area contributed by atoms with Crippen LogP contribution < -0.4 is 0 Å². The van der Waals surface area contributed by atoms with E-state index in [1.54, 1.807) is 0 Å². The number of hydrogen-bond acceptors (Lipinski definition) is 1. The summed E-state index contributed by atoms with van der Waals surface area (Å²) in [5.74, 6) is 2.16. The summed E-state index contributed by atoms with van der Waals surface area (Å²) in [7, 11) is 0. The molecule has 2 heteroatoms. The highest BCUT2D eigenvalue weighted by atomic mass is 35.5. The standard InChI is InChI=1S/C14H14ClN/c1-9-2-3-11-6-10(4-5-14(11)16-9)13-7-12(13)8-15/h2-6,12-13H,7-8H2,1H3. The van der Waals surface area contributed by atoms with E-state index in [4.69, 9.17) is 11.6 Å². The lowest BCUT2D eigenvalue weighted by Gasteiger charge is -2.03. The van der Waals surface area contributed by atoms with Gasteiger partial charge in [-0.3, -0.25) is 4.98 Å². The average Bonchev–Trinajstić information content (AvgIpc) is 3.07. The van der Waals surface area contributed by atoms with Gasteiger partial charge < -0.3 is 0 Å². The van der Waals surface area contributed by atoms with Crippen molar-refractivity contribution in [3.8, 4) is 0 Å². The summed E-state index contributed by atoms with van der Waals surface area (Å²) in [5.41, 5.74) is 3.58. The number of pyridine rings is 1. The monoisotopic (exact) mass is 231 g/mol. The Morgan fingerprint density at radius 2 is 2.19 bits per heavy atom. The van der Waals surface area contributed by atoms with Gasteiger partial charge >= 0.3 is 0 Å². The van der Waals surface area contributed by atoms with E-state index in [0.29, 0.717) is 11.8 Å². The second-order valence-corrected chi connectivity index (χ2v) is 4.97. The van der Waals surface area contributed by atoms with Gasteiger partial charge in [-0.05, 0) is 48.9 Å². The average molecular weight is 232 g/mol. The van der Waals surface area contributed by atoms with E-state index < -0.39 is 0 Å². The van der Waals surface area contributed by atoms with Crippen LogP contribution in [0.3, 0.4) is 0 Å². The summed E-state index contributed by atoms with van der Waals surface area (Å²) in [6, 6.07) is 10.8. The molecule has 1 nitrogen and oxygen atoms in total. The Kier molecular flexibility index (Phi) is 2.36. The van der Waals surface area contributed by atoms with Crippen LogP contribution in [0.4, 0.5) is 0 Å². The van der Waals surface area contributed by atoms with Crippen LogP contribution in [0.15, 0.2) is 30.3 Å². The maximum absolute atomic E-state index is 5.87. The summed E-state index contributed by atoms with van der Waals surface area (Å²) in [5, 5.41) is 1.24. The molecule has 2 aromatic rings. The normalized spacial score (nSPS) is 23.6. The van der Waals surface area contributed by atoms with Gasteiger partial charge in [0.2, 0.25) is 0 Å². The first-order valence-corrected chi connectivity index (χ1v) is 6.24. The van der Waals surface area contributed by atoms with E-state index >= 15 is 0 Å². The predicted octanol–water partition coefficient (Wildman–Crippen LogP) is 3.89. The number of aryl methyl sites for hydroxylation is 1. The Morgan fingerprint density at radius 1 is 1.31 bits per heavy atom. The first-order valence-electron chi connectivity index (χ1n) is 5.71. The Balaban J connectivity index is 2.00. The summed E-state index contributed by atoms with van der Waals surface area (Å²) < 4.78 is 0. The van der Waals surface area contributed by atoms with Crippen molar-refractivity contribution < 1.29 is 0 Å². The number of fused-ring (bicyclic) bond motifs is 1. The molecule has 0 radical (unpaired) electrons. The largest absolute Gasteiger partial charge is 0.253 e. The number of hydrogen-bond donors (Lipinski definition) is 0. The number of halogens is 1. The first kappa shape index (κ1) is 10.1. The molecule has 0 amide bonds. The molecule has 2 unspecified atom stereocenters. The molecule has 1 aromatic carbocycles.